The van der Waals surface area contributed by atoms with E-state index in [0.717, 1.165) is 14.2 Å². The van der Waals surface area contributed by atoms with Gasteiger partial charge in [0.05, 0.1) is 40.6 Å². The van der Waals surface area contributed by atoms with Crippen LogP contribution in [0.1, 0.15) is 0 Å². The van der Waals surface area contributed by atoms with E-state index < -0.39 is 10.4 Å². The van der Waals surface area contributed by atoms with Crippen molar-refractivity contribution in [3.8, 4) is 0 Å². The first kappa shape index (κ1) is 16.2. The molecule has 8 heteroatoms. The molecule has 0 aliphatic carbocycles. The molecule has 0 aromatic carbocycles. The number of ether oxygens (including phenoxy) is 1. The van der Waals surface area contributed by atoms with Gasteiger partial charge in [-0.05, 0) is 0 Å². The summed E-state index contributed by atoms with van der Waals surface area (Å²) in [5.41, 5.74) is 0. The molecule has 0 heterocycles. The average molecular weight is 232 g/mol. The van der Waals surface area contributed by atoms with E-state index in [1.165, 1.54) is 0 Å². The first-order valence-corrected chi connectivity index (χ1v) is 5.03. The fourth-order valence-corrected chi connectivity index (χ4v) is 0.435. The molecule has 0 saturated carbocycles. The van der Waals surface area contributed by atoms with Gasteiger partial charge in [-0.15, -0.1) is 0 Å². The Balaban J connectivity index is 0. The third kappa shape index (κ3) is 14.3. The summed E-state index contributed by atoms with van der Waals surface area (Å²) in [4.78, 5) is 0. The van der Waals surface area contributed by atoms with Crippen molar-refractivity contribution >= 4 is 10.4 Å². The second kappa shape index (κ2) is 10.8. The van der Waals surface area contributed by atoms with Gasteiger partial charge >= 0.3 is 10.4 Å². The second-order valence-electron chi connectivity index (χ2n) is 1.80. The Kier molecular flexibility index (Phi) is 12.5. The van der Waals surface area contributed by atoms with Crippen LogP contribution in [-0.2, 0) is 23.5 Å². The lowest BCUT2D eigenvalue weighted by Gasteiger charge is -1.94. The Labute approximate surface area is 83.5 Å². The highest BCUT2D eigenvalue weighted by molar-refractivity contribution is 7.81. The second-order valence-corrected chi connectivity index (χ2v) is 3.28. The van der Waals surface area contributed by atoms with Gasteiger partial charge in [0.15, 0.2) is 0 Å². The number of hydrogen-bond acceptors (Lipinski definition) is 7. The summed E-state index contributed by atoms with van der Waals surface area (Å²) in [5.74, 6) is 0. The normalized spacial score (nSPS) is 10.6. The van der Waals surface area contributed by atoms with Gasteiger partial charge < -0.3 is 14.9 Å². The minimum atomic E-state index is -3.66. The maximum absolute atomic E-state index is 9.92. The molecule has 0 aromatic heterocycles. The van der Waals surface area contributed by atoms with Crippen LogP contribution in [0, 0.1) is 0 Å². The highest BCUT2D eigenvalue weighted by Crippen LogP contribution is 1.85. The van der Waals surface area contributed by atoms with Crippen molar-refractivity contribution in [3.63, 3.8) is 0 Å². The number of aliphatic hydroxyl groups excluding tert-OH is 2. The van der Waals surface area contributed by atoms with Gasteiger partial charge in [-0.2, -0.15) is 8.42 Å². The van der Waals surface area contributed by atoms with Crippen LogP contribution in [0.15, 0.2) is 0 Å². The van der Waals surface area contributed by atoms with Crippen molar-refractivity contribution in [1.29, 1.82) is 0 Å². The van der Waals surface area contributed by atoms with Gasteiger partial charge in [0.1, 0.15) is 0 Å². The van der Waals surface area contributed by atoms with Gasteiger partial charge in [-0.25, -0.2) is 0 Å². The quantitative estimate of drug-likeness (QED) is 0.538. The number of aliphatic hydroxyl groups is 2. The molecule has 7 nitrogen and oxygen atoms in total. The van der Waals surface area contributed by atoms with Gasteiger partial charge in [-0.1, -0.05) is 0 Å². The summed E-state index contributed by atoms with van der Waals surface area (Å²) < 4.78 is 32.2. The Morgan fingerprint density at radius 3 is 1.50 bits per heavy atom. The molecule has 0 fully saturated rings. The van der Waals surface area contributed by atoms with E-state index >= 15 is 0 Å². The molecule has 0 aromatic rings. The summed E-state index contributed by atoms with van der Waals surface area (Å²) in [6.07, 6.45) is 0. The topological polar surface area (TPSA) is 102 Å². The molecule has 0 aliphatic heterocycles. The molecule has 0 unspecified atom stereocenters. The highest BCUT2D eigenvalue weighted by Gasteiger charge is 2.01. The third-order valence-electron chi connectivity index (χ3n) is 0.879. The van der Waals surface area contributed by atoms with Crippen molar-refractivity contribution in [2.24, 2.45) is 0 Å². The van der Waals surface area contributed by atoms with Crippen LogP contribution >= 0.6 is 0 Å². The Bertz CT molecular complexity index is 174. The maximum Gasteiger partial charge on any atom is 0.399 e. The van der Waals surface area contributed by atoms with E-state index in [-0.39, 0.29) is 13.2 Å². The van der Waals surface area contributed by atoms with Gasteiger partial charge in [0.25, 0.3) is 0 Å². The fourth-order valence-electron chi connectivity index (χ4n) is 0.299. The lowest BCUT2D eigenvalue weighted by molar-refractivity contribution is 0.0650. The van der Waals surface area contributed by atoms with E-state index in [0.29, 0.717) is 13.2 Å². The fraction of sp³-hybridized carbons (Fsp3) is 1.00. The Hall–Kier alpha value is -0.250. The predicted octanol–water partition coefficient (Wildman–Crippen LogP) is -1.49. The van der Waals surface area contributed by atoms with E-state index in [1.807, 2.05) is 0 Å². The summed E-state index contributed by atoms with van der Waals surface area (Å²) in [6.45, 7) is 0.696. The lowest BCUT2D eigenvalue weighted by atomic mass is 10.7. The zero-order chi connectivity index (χ0) is 11.4. The molecule has 0 atom stereocenters. The van der Waals surface area contributed by atoms with Crippen LogP contribution < -0.4 is 0 Å². The van der Waals surface area contributed by atoms with E-state index in [1.54, 1.807) is 0 Å². The van der Waals surface area contributed by atoms with Gasteiger partial charge in [0.2, 0.25) is 0 Å². The molecular formula is C6H16O7S. The van der Waals surface area contributed by atoms with E-state index in [2.05, 4.69) is 13.1 Å². The predicted molar refractivity (Wildman–Crippen MR) is 47.9 cm³/mol. The van der Waals surface area contributed by atoms with Crippen molar-refractivity contribution in [2.45, 2.75) is 0 Å². The van der Waals surface area contributed by atoms with Crippen molar-refractivity contribution in [3.05, 3.63) is 0 Å². The SMILES string of the molecule is COS(=O)(=O)OC.OCCOCCO. The van der Waals surface area contributed by atoms with Crippen LogP contribution in [0.4, 0.5) is 0 Å². The molecule has 0 spiro atoms. The third-order valence-corrected chi connectivity index (χ3v) is 1.70. The van der Waals surface area contributed by atoms with Gasteiger partial charge in [-0.3, -0.25) is 8.37 Å². The molecule has 2 N–H and O–H groups in total. The summed E-state index contributed by atoms with van der Waals surface area (Å²) in [7, 11) is -1.60. The van der Waals surface area contributed by atoms with Crippen molar-refractivity contribution < 1.29 is 31.7 Å². The smallest absolute Gasteiger partial charge is 0.394 e. The first-order valence-electron chi connectivity index (χ1n) is 3.69. The molecule has 0 bridgehead atoms. The van der Waals surface area contributed by atoms with Crippen LogP contribution in [0.2, 0.25) is 0 Å². The van der Waals surface area contributed by atoms with Gasteiger partial charge in [0, 0.05) is 0 Å². The van der Waals surface area contributed by atoms with Crippen molar-refractivity contribution in [1.82, 2.24) is 0 Å². The minimum absolute atomic E-state index is 0.0278. The Morgan fingerprint density at radius 1 is 1.00 bits per heavy atom. The zero-order valence-electron chi connectivity index (χ0n) is 8.17. The largest absolute Gasteiger partial charge is 0.399 e. The van der Waals surface area contributed by atoms with Crippen molar-refractivity contribution in [2.75, 3.05) is 40.6 Å². The number of rotatable bonds is 6. The Morgan fingerprint density at radius 2 is 1.36 bits per heavy atom. The number of hydrogen-bond donors (Lipinski definition) is 2. The molecule has 88 valence electrons. The van der Waals surface area contributed by atoms with Crippen LogP contribution in [-0.4, -0.2) is 59.3 Å². The summed E-state index contributed by atoms with van der Waals surface area (Å²) in [5, 5.41) is 16.2. The lowest BCUT2D eigenvalue weighted by Crippen LogP contribution is -2.03. The first-order chi connectivity index (χ1) is 6.54. The van der Waals surface area contributed by atoms with Crippen LogP contribution in [0.5, 0.6) is 0 Å². The molecule has 0 aliphatic rings. The summed E-state index contributed by atoms with van der Waals surface area (Å²) >= 11 is 0. The van der Waals surface area contributed by atoms with Crippen LogP contribution in [0.3, 0.4) is 0 Å². The molecule has 0 saturated heterocycles. The van der Waals surface area contributed by atoms with E-state index in [4.69, 9.17) is 10.2 Å². The minimum Gasteiger partial charge on any atom is -0.394 e. The standard InChI is InChI=1S/C4H10O3.C2H6O4S/c5-1-3-7-4-2-6;1-5-7(3,4)6-2/h5-6H,1-4H2;1-2H3. The molecule has 14 heavy (non-hydrogen) atoms. The summed E-state index contributed by atoms with van der Waals surface area (Å²) in [6, 6.07) is 0. The highest BCUT2D eigenvalue weighted by atomic mass is 32.3. The monoisotopic (exact) mass is 232 g/mol. The average Bonchev–Trinajstić information content (AvgIpc) is 2.20. The molecule has 0 rings (SSSR count). The molecule has 0 amide bonds. The molecule has 0 radical (unpaired) electrons. The molecular weight excluding hydrogens is 216 g/mol. The van der Waals surface area contributed by atoms with E-state index in [9.17, 15) is 8.42 Å². The maximum atomic E-state index is 9.92. The zero-order valence-corrected chi connectivity index (χ0v) is 8.99. The van der Waals surface area contributed by atoms with Crippen LogP contribution in [0.25, 0.3) is 0 Å².